The van der Waals surface area contributed by atoms with Crippen LogP contribution in [-0.2, 0) is 19.1 Å². The molecular formula is C31H38ClN3O6. The van der Waals surface area contributed by atoms with Crippen molar-refractivity contribution in [2.75, 3.05) is 23.8 Å². The van der Waals surface area contributed by atoms with E-state index in [-0.39, 0.29) is 24.3 Å². The quantitative estimate of drug-likeness (QED) is 0.381. The highest BCUT2D eigenvalue weighted by molar-refractivity contribution is 6.34. The molecule has 6 atom stereocenters. The Labute approximate surface area is 245 Å². The number of likely N-dealkylation sites (tertiary alicyclic amines) is 1. The van der Waals surface area contributed by atoms with Gasteiger partial charge in [-0.15, -0.1) is 0 Å². The number of anilines is 2. The van der Waals surface area contributed by atoms with Gasteiger partial charge in [-0.05, 0) is 74.9 Å². The Kier molecular flexibility index (Phi) is 8.32. The Hall–Kier alpha value is -3.14. The number of aliphatic hydroxyl groups excluding tert-OH is 1. The van der Waals surface area contributed by atoms with E-state index >= 15 is 0 Å². The first-order valence-corrected chi connectivity index (χ1v) is 14.7. The topological polar surface area (TPSA) is 117 Å². The lowest BCUT2D eigenvalue weighted by Crippen LogP contribution is -2.56. The second-order valence-corrected chi connectivity index (χ2v) is 12.0. The van der Waals surface area contributed by atoms with E-state index in [1.807, 2.05) is 33.8 Å². The van der Waals surface area contributed by atoms with Gasteiger partial charge in [0.1, 0.15) is 17.4 Å². The molecule has 3 aliphatic rings. The molecule has 0 aliphatic carbocycles. The number of nitrogens with zero attached hydrogens (tertiary/aromatic N) is 1. The lowest BCUT2D eigenvalue weighted by atomic mass is 9.70. The van der Waals surface area contributed by atoms with Crippen LogP contribution in [0.5, 0.6) is 5.75 Å². The number of amides is 3. The molecule has 3 aliphatic heterocycles. The van der Waals surface area contributed by atoms with Gasteiger partial charge in [0.2, 0.25) is 17.7 Å². The highest BCUT2D eigenvalue weighted by Gasteiger charge is 2.75. The molecular weight excluding hydrogens is 546 g/mol. The molecule has 3 amide bonds. The van der Waals surface area contributed by atoms with Crippen LogP contribution in [0.25, 0.3) is 0 Å². The van der Waals surface area contributed by atoms with Crippen molar-refractivity contribution in [3.8, 4) is 5.75 Å². The highest BCUT2D eigenvalue weighted by Crippen LogP contribution is 2.59. The van der Waals surface area contributed by atoms with Crippen molar-refractivity contribution in [2.45, 2.75) is 70.7 Å². The van der Waals surface area contributed by atoms with Crippen LogP contribution in [0, 0.1) is 24.7 Å². The van der Waals surface area contributed by atoms with Crippen LogP contribution < -0.4 is 15.4 Å². The Balaban J connectivity index is 1.49. The maximum absolute atomic E-state index is 14.3. The largest absolute Gasteiger partial charge is 0.494 e. The van der Waals surface area contributed by atoms with Gasteiger partial charge in [-0.25, -0.2) is 0 Å². The highest BCUT2D eigenvalue weighted by atomic mass is 35.5. The summed E-state index contributed by atoms with van der Waals surface area (Å²) in [6.45, 7) is 7.96. The molecule has 2 bridgehead atoms. The summed E-state index contributed by atoms with van der Waals surface area (Å²) < 4.78 is 12.0. The third-order valence-electron chi connectivity index (χ3n) is 8.54. The fraction of sp³-hybridized carbons (Fsp3) is 0.516. The van der Waals surface area contributed by atoms with Crippen LogP contribution in [0.3, 0.4) is 0 Å². The van der Waals surface area contributed by atoms with E-state index in [1.165, 1.54) is 4.90 Å². The minimum atomic E-state index is -1.19. The van der Waals surface area contributed by atoms with E-state index in [0.29, 0.717) is 48.0 Å². The van der Waals surface area contributed by atoms with Crippen molar-refractivity contribution in [1.29, 1.82) is 0 Å². The molecule has 2 aromatic carbocycles. The Morgan fingerprint density at radius 3 is 2.54 bits per heavy atom. The zero-order valence-electron chi connectivity index (χ0n) is 23.9. The third kappa shape index (κ3) is 5.19. The molecule has 0 aromatic heterocycles. The van der Waals surface area contributed by atoms with Crippen molar-refractivity contribution in [3.63, 3.8) is 0 Å². The summed E-state index contributed by atoms with van der Waals surface area (Å²) in [4.78, 5) is 43.6. The normalized spacial score (nSPS) is 27.2. The molecule has 2 aromatic rings. The summed E-state index contributed by atoms with van der Waals surface area (Å²) >= 11 is 6.43. The molecule has 3 heterocycles. The zero-order chi connectivity index (χ0) is 29.5. The number of aliphatic hydroxyl groups is 1. The van der Waals surface area contributed by atoms with Crippen molar-refractivity contribution in [2.24, 2.45) is 17.8 Å². The first-order valence-electron chi connectivity index (χ1n) is 14.3. The van der Waals surface area contributed by atoms with Crippen molar-refractivity contribution in [3.05, 3.63) is 53.1 Å². The van der Waals surface area contributed by atoms with Gasteiger partial charge in [0.25, 0.3) is 0 Å². The first kappa shape index (κ1) is 29.4. The minimum Gasteiger partial charge on any atom is -0.494 e. The standard InChI is InChI=1S/C31H38ClN3O6/c1-5-40-21-11-9-19(10-12-21)33-28(37)24-23-13-14-31(41-23)25(24)30(39)35(20(16-36)15-17(2)3)27(31)29(38)34-26-18(4)7-6-8-22(26)32/h6-12,17,20,23-25,27,36H,5,13-16H2,1-4H3,(H,33,37)(H,34,38)/t20-,23-,24+,25+,27?,31?/m1/s1. The molecule has 3 saturated heterocycles. The van der Waals surface area contributed by atoms with E-state index in [1.54, 1.807) is 36.4 Å². The molecule has 5 rings (SSSR count). The number of fused-ring (bicyclic) bond motifs is 1. The number of hydrogen-bond donors (Lipinski definition) is 3. The minimum absolute atomic E-state index is 0.156. The lowest BCUT2D eigenvalue weighted by Gasteiger charge is -2.37. The zero-order valence-corrected chi connectivity index (χ0v) is 24.6. The molecule has 0 saturated carbocycles. The summed E-state index contributed by atoms with van der Waals surface area (Å²) in [5, 5.41) is 16.7. The average Bonchev–Trinajstić information content (AvgIpc) is 3.58. The van der Waals surface area contributed by atoms with Gasteiger partial charge in [-0.2, -0.15) is 0 Å². The van der Waals surface area contributed by atoms with Crippen molar-refractivity contribution >= 4 is 40.7 Å². The van der Waals surface area contributed by atoms with Crippen LogP contribution in [0.15, 0.2) is 42.5 Å². The monoisotopic (exact) mass is 583 g/mol. The SMILES string of the molecule is CCOc1ccc(NC(=O)[C@@H]2[C@H]3C(=O)N([C@@H](CO)CC(C)C)C(C(=O)Nc4c(C)cccc4Cl)C34CC[C@H]2O4)cc1. The number of ether oxygens (including phenoxy) is 2. The maximum atomic E-state index is 14.3. The maximum Gasteiger partial charge on any atom is 0.250 e. The Bertz CT molecular complexity index is 1300. The van der Waals surface area contributed by atoms with Crippen LogP contribution >= 0.6 is 11.6 Å². The number of rotatable bonds is 10. The molecule has 9 nitrogen and oxygen atoms in total. The van der Waals surface area contributed by atoms with Gasteiger partial charge in [0, 0.05) is 5.69 Å². The number of carbonyl (C=O) groups is 3. The molecule has 3 N–H and O–H groups in total. The number of hydrogen-bond acceptors (Lipinski definition) is 6. The smallest absolute Gasteiger partial charge is 0.250 e. The summed E-state index contributed by atoms with van der Waals surface area (Å²) in [6, 6.07) is 10.7. The van der Waals surface area contributed by atoms with E-state index in [9.17, 15) is 19.5 Å². The molecule has 10 heteroatoms. The molecule has 0 radical (unpaired) electrons. The van der Waals surface area contributed by atoms with Crippen molar-refractivity contribution in [1.82, 2.24) is 4.90 Å². The lowest BCUT2D eigenvalue weighted by molar-refractivity contribution is -0.143. The fourth-order valence-corrected chi connectivity index (χ4v) is 7.18. The van der Waals surface area contributed by atoms with E-state index in [0.717, 1.165) is 5.56 Å². The van der Waals surface area contributed by atoms with Gasteiger partial charge >= 0.3 is 0 Å². The van der Waals surface area contributed by atoms with Gasteiger partial charge in [0.05, 0.1) is 47.9 Å². The van der Waals surface area contributed by atoms with Gasteiger partial charge < -0.3 is 30.1 Å². The van der Waals surface area contributed by atoms with Crippen molar-refractivity contribution < 1.29 is 29.0 Å². The second kappa shape index (κ2) is 11.6. The number of nitrogens with one attached hydrogen (secondary N) is 2. The average molecular weight is 584 g/mol. The molecule has 3 fully saturated rings. The van der Waals surface area contributed by atoms with E-state index in [4.69, 9.17) is 21.1 Å². The van der Waals surface area contributed by atoms with Crippen LogP contribution in [0.4, 0.5) is 11.4 Å². The summed E-state index contributed by atoms with van der Waals surface area (Å²) in [7, 11) is 0. The molecule has 41 heavy (non-hydrogen) atoms. The van der Waals surface area contributed by atoms with E-state index < -0.39 is 41.5 Å². The molecule has 2 unspecified atom stereocenters. The van der Waals surface area contributed by atoms with Gasteiger partial charge in [-0.1, -0.05) is 37.6 Å². The predicted octanol–water partition coefficient (Wildman–Crippen LogP) is 4.41. The number of halogens is 1. The molecule has 220 valence electrons. The van der Waals surface area contributed by atoms with Gasteiger partial charge in [-0.3, -0.25) is 14.4 Å². The summed E-state index contributed by atoms with van der Waals surface area (Å²) in [5.74, 6) is -1.88. The number of carbonyl (C=O) groups excluding carboxylic acids is 3. The summed E-state index contributed by atoms with van der Waals surface area (Å²) in [6.07, 6.45) is 0.995. The predicted molar refractivity (Wildman–Crippen MR) is 156 cm³/mol. The number of para-hydroxylation sites is 1. The van der Waals surface area contributed by atoms with Crippen LogP contribution in [0.2, 0.25) is 5.02 Å². The molecule has 1 spiro atoms. The number of benzene rings is 2. The van der Waals surface area contributed by atoms with Gasteiger partial charge in [0.15, 0.2) is 0 Å². The van der Waals surface area contributed by atoms with Crippen LogP contribution in [0.1, 0.15) is 45.6 Å². The third-order valence-corrected chi connectivity index (χ3v) is 8.85. The Morgan fingerprint density at radius 2 is 1.90 bits per heavy atom. The Morgan fingerprint density at radius 1 is 1.17 bits per heavy atom. The summed E-state index contributed by atoms with van der Waals surface area (Å²) in [5.41, 5.74) is 0.634. The van der Waals surface area contributed by atoms with E-state index in [2.05, 4.69) is 10.6 Å². The fourth-order valence-electron chi connectivity index (χ4n) is 6.91. The first-order chi connectivity index (χ1) is 19.6. The number of aryl methyl sites for hydroxylation is 1. The second-order valence-electron chi connectivity index (χ2n) is 11.6. The van der Waals surface area contributed by atoms with Crippen LogP contribution in [-0.4, -0.2) is 64.7 Å².